The summed E-state index contributed by atoms with van der Waals surface area (Å²) < 4.78 is 7.04. The normalized spacial score (nSPS) is 17.3. The molecule has 1 aliphatic carbocycles. The Morgan fingerprint density at radius 2 is 2.21 bits per heavy atom. The van der Waals surface area contributed by atoms with E-state index in [2.05, 4.69) is 15.6 Å². The number of benzene rings is 1. The quantitative estimate of drug-likeness (QED) is 0.827. The van der Waals surface area contributed by atoms with E-state index in [1.54, 1.807) is 12.1 Å². The highest BCUT2D eigenvalue weighted by Gasteiger charge is 2.28. The number of rotatable bonds is 3. The minimum Gasteiger partial charge on any atom is -0.423 e. The van der Waals surface area contributed by atoms with Crippen LogP contribution in [0.15, 0.2) is 18.2 Å². The lowest BCUT2D eigenvalue weighted by molar-refractivity contribution is 0.102. The molecule has 124 valence electrons. The van der Waals surface area contributed by atoms with Gasteiger partial charge < -0.3 is 15.0 Å². The number of carbonyl (C=O) groups excluding carboxylic acids is 1. The average molecular weight is 326 g/mol. The van der Waals surface area contributed by atoms with Crippen LogP contribution < -0.4 is 10.8 Å². The van der Waals surface area contributed by atoms with Crippen LogP contribution >= 0.6 is 0 Å². The zero-order valence-corrected chi connectivity index (χ0v) is 13.5. The van der Waals surface area contributed by atoms with E-state index in [1.165, 1.54) is 12.8 Å². The zero-order chi connectivity index (χ0) is 16.7. The molecule has 4 rings (SSSR count). The zero-order valence-electron chi connectivity index (χ0n) is 13.5. The van der Waals surface area contributed by atoms with Crippen molar-refractivity contribution in [3.05, 3.63) is 35.2 Å². The Bertz CT molecular complexity index is 786. The number of hydrogen-bond acceptors (Lipinski definition) is 5. The molecule has 1 aliphatic heterocycles. The maximum Gasteiger partial charge on any atom is 0.491 e. The van der Waals surface area contributed by atoms with Crippen LogP contribution in [0.1, 0.15) is 53.5 Å². The van der Waals surface area contributed by atoms with Crippen LogP contribution in [0, 0.1) is 6.92 Å². The lowest BCUT2D eigenvalue weighted by Crippen LogP contribution is -2.28. The van der Waals surface area contributed by atoms with E-state index in [1.807, 2.05) is 17.7 Å². The summed E-state index contributed by atoms with van der Waals surface area (Å²) in [6, 6.07) is 5.74. The highest BCUT2D eigenvalue weighted by atomic mass is 16.5. The van der Waals surface area contributed by atoms with Crippen molar-refractivity contribution in [1.82, 2.24) is 15.0 Å². The summed E-state index contributed by atoms with van der Waals surface area (Å²) in [5.74, 6) is -0.287. The second-order valence-electron chi connectivity index (χ2n) is 6.44. The Hall–Kier alpha value is -2.19. The van der Waals surface area contributed by atoms with Gasteiger partial charge in [0, 0.05) is 5.69 Å². The number of anilines is 1. The fraction of sp³-hybridized carbons (Fsp3) is 0.438. The minimum absolute atomic E-state index is 0.287. The first kappa shape index (κ1) is 15.3. The van der Waals surface area contributed by atoms with E-state index in [0.29, 0.717) is 29.5 Å². The van der Waals surface area contributed by atoms with Gasteiger partial charge in [0.05, 0.1) is 18.3 Å². The van der Waals surface area contributed by atoms with Gasteiger partial charge in [-0.3, -0.25) is 4.79 Å². The Kier molecular flexibility index (Phi) is 3.86. The van der Waals surface area contributed by atoms with Crippen LogP contribution in [0.4, 0.5) is 5.69 Å². The first-order valence-electron chi connectivity index (χ1n) is 8.29. The van der Waals surface area contributed by atoms with Crippen molar-refractivity contribution in [2.75, 3.05) is 5.32 Å². The summed E-state index contributed by atoms with van der Waals surface area (Å²) in [7, 11) is -0.929. The molecule has 0 radical (unpaired) electrons. The van der Waals surface area contributed by atoms with Crippen molar-refractivity contribution in [2.45, 2.75) is 45.3 Å². The average Bonchev–Trinajstić information content (AvgIpc) is 3.28. The van der Waals surface area contributed by atoms with Gasteiger partial charge >= 0.3 is 7.12 Å². The minimum atomic E-state index is -0.929. The van der Waals surface area contributed by atoms with Gasteiger partial charge in [0.15, 0.2) is 5.69 Å². The van der Waals surface area contributed by atoms with Crippen molar-refractivity contribution >= 4 is 24.2 Å². The molecule has 1 amide bonds. The molecule has 0 bridgehead atoms. The number of nitrogens with one attached hydrogen (secondary N) is 1. The molecule has 1 aromatic heterocycles. The number of nitrogens with zero attached hydrogens (tertiary/aromatic N) is 3. The molecule has 0 unspecified atom stereocenters. The molecule has 0 saturated heterocycles. The monoisotopic (exact) mass is 326 g/mol. The van der Waals surface area contributed by atoms with Crippen LogP contribution in [0.3, 0.4) is 0 Å². The summed E-state index contributed by atoms with van der Waals surface area (Å²) in [6.07, 6.45) is 4.58. The summed E-state index contributed by atoms with van der Waals surface area (Å²) in [4.78, 5) is 12.5. The van der Waals surface area contributed by atoms with Crippen molar-refractivity contribution in [3.63, 3.8) is 0 Å². The predicted molar refractivity (Wildman–Crippen MR) is 89.1 cm³/mol. The van der Waals surface area contributed by atoms with E-state index in [-0.39, 0.29) is 5.91 Å². The van der Waals surface area contributed by atoms with E-state index in [0.717, 1.165) is 24.1 Å². The Labute approximate surface area is 140 Å². The third-order valence-electron chi connectivity index (χ3n) is 4.88. The number of amides is 1. The highest BCUT2D eigenvalue weighted by Crippen LogP contribution is 2.30. The van der Waals surface area contributed by atoms with Crippen molar-refractivity contribution in [2.24, 2.45) is 0 Å². The van der Waals surface area contributed by atoms with Crippen molar-refractivity contribution < 1.29 is 14.5 Å². The molecule has 8 heteroatoms. The van der Waals surface area contributed by atoms with E-state index in [4.69, 9.17) is 4.65 Å². The SMILES string of the molecule is Cc1c(C(=O)Nc2ccc3c(c2)B(O)OC3)nnn1C1CCCC1. The maximum absolute atomic E-state index is 12.5. The molecular formula is C16H19BN4O3. The Morgan fingerprint density at radius 1 is 1.42 bits per heavy atom. The maximum atomic E-state index is 12.5. The molecule has 1 saturated carbocycles. The molecule has 7 nitrogen and oxygen atoms in total. The molecule has 2 aromatic rings. The first-order chi connectivity index (χ1) is 11.6. The van der Waals surface area contributed by atoms with Gasteiger partial charge in [-0.25, -0.2) is 4.68 Å². The molecule has 0 atom stereocenters. The molecule has 0 spiro atoms. The fourth-order valence-electron chi connectivity index (χ4n) is 3.53. The standard InChI is InChI=1S/C16H19BN4O3/c1-10-15(19-20-21(10)13-4-2-3-5-13)16(22)18-12-7-6-11-9-24-17(23)14(11)8-12/h6-8,13,23H,2-5,9H2,1H3,(H,18,22). The predicted octanol–water partition coefficient (Wildman–Crippen LogP) is 1.17. The molecule has 2 N–H and O–H groups in total. The van der Waals surface area contributed by atoms with Gasteiger partial charge in [-0.15, -0.1) is 5.10 Å². The van der Waals surface area contributed by atoms with E-state index >= 15 is 0 Å². The number of fused-ring (bicyclic) bond motifs is 1. The van der Waals surface area contributed by atoms with Gasteiger partial charge in [0.25, 0.3) is 5.91 Å². The topological polar surface area (TPSA) is 89.3 Å². The second-order valence-corrected chi connectivity index (χ2v) is 6.44. The van der Waals surface area contributed by atoms with Crippen molar-refractivity contribution in [1.29, 1.82) is 0 Å². The Morgan fingerprint density at radius 3 is 3.00 bits per heavy atom. The number of hydrogen-bond donors (Lipinski definition) is 2. The van der Waals surface area contributed by atoms with Crippen LogP contribution in [0.5, 0.6) is 0 Å². The molecule has 2 heterocycles. The van der Waals surface area contributed by atoms with Gasteiger partial charge in [-0.05, 0) is 42.9 Å². The van der Waals surface area contributed by atoms with Crippen LogP contribution in [0.25, 0.3) is 0 Å². The van der Waals surface area contributed by atoms with Crippen LogP contribution in [-0.4, -0.2) is 33.0 Å². The van der Waals surface area contributed by atoms with E-state index in [9.17, 15) is 9.82 Å². The fourth-order valence-corrected chi connectivity index (χ4v) is 3.53. The lowest BCUT2D eigenvalue weighted by atomic mass is 9.79. The summed E-state index contributed by atoms with van der Waals surface area (Å²) in [5, 5.41) is 20.8. The van der Waals surface area contributed by atoms with Gasteiger partial charge in [0.2, 0.25) is 0 Å². The number of aromatic nitrogens is 3. The lowest BCUT2D eigenvalue weighted by Gasteiger charge is -2.11. The van der Waals surface area contributed by atoms with Gasteiger partial charge in [0.1, 0.15) is 0 Å². The third kappa shape index (κ3) is 2.61. The van der Waals surface area contributed by atoms with Crippen molar-refractivity contribution in [3.8, 4) is 0 Å². The third-order valence-corrected chi connectivity index (χ3v) is 4.88. The summed E-state index contributed by atoms with van der Waals surface area (Å²) in [6.45, 7) is 2.27. The van der Waals surface area contributed by atoms with Crippen LogP contribution in [-0.2, 0) is 11.3 Å². The summed E-state index contributed by atoms with van der Waals surface area (Å²) in [5.41, 5.74) is 3.38. The van der Waals surface area contributed by atoms with Gasteiger partial charge in [-0.1, -0.05) is 24.1 Å². The van der Waals surface area contributed by atoms with E-state index < -0.39 is 7.12 Å². The van der Waals surface area contributed by atoms with Gasteiger partial charge in [-0.2, -0.15) is 0 Å². The Balaban J connectivity index is 1.53. The summed E-state index contributed by atoms with van der Waals surface area (Å²) >= 11 is 0. The smallest absolute Gasteiger partial charge is 0.423 e. The highest BCUT2D eigenvalue weighted by molar-refractivity contribution is 6.61. The molecule has 1 fully saturated rings. The molecule has 2 aliphatic rings. The molecular weight excluding hydrogens is 307 g/mol. The molecule has 24 heavy (non-hydrogen) atoms. The largest absolute Gasteiger partial charge is 0.491 e. The first-order valence-corrected chi connectivity index (χ1v) is 8.29. The molecule has 1 aromatic carbocycles. The van der Waals surface area contributed by atoms with Crippen LogP contribution in [0.2, 0.25) is 0 Å². The number of carbonyl (C=O) groups is 1. The second kappa shape index (κ2) is 6.03.